The standard InChI is InChI=1S/C20H19N3O4S.C13H14N2O3/c1-10-5-6-17-14(7-10)15-8-13(18-11(2)22-27-12(18)3)9-16(20(21)24)19(15)23(17)28(4,25)26;1-7-12(8(2)18-15-7)9-4-5-11(14)10(6-9)13(16)17-3/h5-9H,1-4H3,(H2,21,24);4-6H,14H2,1-3H3. The van der Waals surface area contributed by atoms with E-state index in [1.165, 1.54) is 11.1 Å². The number of nitrogens with zero attached hydrogens (tertiary/aromatic N) is 3. The number of hydrogen-bond donors (Lipinski definition) is 2. The second-order valence-corrected chi connectivity index (χ2v) is 12.9. The number of carbonyl (C=O) groups excluding carboxylic acids is 2. The highest BCUT2D eigenvalue weighted by atomic mass is 32.2. The van der Waals surface area contributed by atoms with Crippen LogP contribution in [0.4, 0.5) is 5.69 Å². The monoisotopic (exact) mass is 643 g/mol. The molecule has 46 heavy (non-hydrogen) atoms. The highest BCUT2D eigenvalue weighted by Crippen LogP contribution is 2.38. The van der Waals surface area contributed by atoms with E-state index in [0.717, 1.165) is 39.6 Å². The fourth-order valence-corrected chi connectivity index (χ4v) is 6.73. The third-order valence-electron chi connectivity index (χ3n) is 7.67. The number of amides is 1. The van der Waals surface area contributed by atoms with E-state index >= 15 is 0 Å². The number of hydrogen-bond acceptors (Lipinski definition) is 10. The summed E-state index contributed by atoms with van der Waals surface area (Å²) in [5.41, 5.74) is 18.7. The number of aryl methyl sites for hydroxylation is 5. The predicted octanol–water partition coefficient (Wildman–Crippen LogP) is 5.61. The number of methoxy groups -OCH3 is 1. The van der Waals surface area contributed by atoms with Crippen LogP contribution in [0.5, 0.6) is 0 Å². The van der Waals surface area contributed by atoms with Gasteiger partial charge in [-0.25, -0.2) is 17.2 Å². The zero-order chi connectivity index (χ0) is 33.7. The third kappa shape index (κ3) is 5.60. The Morgan fingerprint density at radius 1 is 0.804 bits per heavy atom. The fourth-order valence-electron chi connectivity index (χ4n) is 5.69. The molecule has 3 heterocycles. The van der Waals surface area contributed by atoms with Crippen molar-refractivity contribution in [1.82, 2.24) is 14.3 Å². The Morgan fingerprint density at radius 3 is 1.91 bits per heavy atom. The average molecular weight is 644 g/mol. The molecule has 0 fully saturated rings. The van der Waals surface area contributed by atoms with Crippen LogP contribution in [0, 0.1) is 34.6 Å². The molecule has 0 aliphatic carbocycles. The maximum absolute atomic E-state index is 12.6. The van der Waals surface area contributed by atoms with E-state index in [9.17, 15) is 18.0 Å². The number of aromatic nitrogens is 3. The first-order valence-corrected chi connectivity index (χ1v) is 15.9. The molecule has 0 spiro atoms. The SMILES string of the molecule is COC(=O)c1cc(-c2c(C)noc2C)ccc1N.Cc1ccc2c(c1)c1cc(-c3c(C)noc3C)cc(C(N)=O)c1n2S(C)(=O)=O. The zero-order valence-corrected chi connectivity index (χ0v) is 27.2. The summed E-state index contributed by atoms with van der Waals surface area (Å²) in [6.45, 7) is 9.19. The van der Waals surface area contributed by atoms with Crippen LogP contribution in [0.3, 0.4) is 0 Å². The van der Waals surface area contributed by atoms with Crippen LogP contribution in [0.15, 0.2) is 57.6 Å². The van der Waals surface area contributed by atoms with Crippen molar-refractivity contribution in [1.29, 1.82) is 0 Å². The van der Waals surface area contributed by atoms with Gasteiger partial charge in [0.1, 0.15) is 11.5 Å². The lowest BCUT2D eigenvalue weighted by Crippen LogP contribution is -2.16. The lowest BCUT2D eigenvalue weighted by Gasteiger charge is -2.09. The zero-order valence-electron chi connectivity index (χ0n) is 26.4. The van der Waals surface area contributed by atoms with Gasteiger partial charge in [-0.2, -0.15) is 0 Å². The number of esters is 1. The Hall–Kier alpha value is -5.43. The highest BCUT2D eigenvalue weighted by Gasteiger charge is 2.24. The maximum atomic E-state index is 12.6. The average Bonchev–Trinajstić information content (AvgIpc) is 3.63. The molecule has 3 aromatic heterocycles. The fraction of sp³-hybridized carbons (Fsp3) is 0.212. The summed E-state index contributed by atoms with van der Waals surface area (Å²) in [6.07, 6.45) is 1.11. The van der Waals surface area contributed by atoms with E-state index in [4.69, 9.17) is 25.3 Å². The summed E-state index contributed by atoms with van der Waals surface area (Å²) in [5.74, 6) is 0.146. The molecule has 0 radical (unpaired) electrons. The van der Waals surface area contributed by atoms with Crippen molar-refractivity contribution < 1.29 is 31.8 Å². The smallest absolute Gasteiger partial charge is 0.339 e. The number of rotatable bonds is 5. The lowest BCUT2D eigenvalue weighted by atomic mass is 9.97. The van der Waals surface area contributed by atoms with E-state index in [2.05, 4.69) is 10.3 Å². The first kappa shape index (κ1) is 32.0. The summed E-state index contributed by atoms with van der Waals surface area (Å²) in [4.78, 5) is 23.9. The van der Waals surface area contributed by atoms with E-state index in [1.807, 2.05) is 52.0 Å². The molecule has 0 aliphatic rings. The molecule has 0 unspecified atom stereocenters. The number of nitrogens with two attached hydrogens (primary N) is 2. The van der Waals surface area contributed by atoms with Crippen molar-refractivity contribution in [3.63, 3.8) is 0 Å². The van der Waals surface area contributed by atoms with Crippen molar-refractivity contribution in [2.24, 2.45) is 5.73 Å². The Labute approximate surface area is 264 Å². The van der Waals surface area contributed by atoms with Gasteiger partial charge >= 0.3 is 5.97 Å². The molecule has 1 amide bonds. The number of nitrogen functional groups attached to an aromatic ring is 1. The van der Waals surface area contributed by atoms with Gasteiger partial charge in [-0.05, 0) is 82.1 Å². The summed E-state index contributed by atoms with van der Waals surface area (Å²) in [5, 5.41) is 9.23. The Bertz CT molecular complexity index is 2260. The van der Waals surface area contributed by atoms with Crippen molar-refractivity contribution >= 4 is 49.4 Å². The van der Waals surface area contributed by atoms with E-state index in [-0.39, 0.29) is 11.1 Å². The van der Waals surface area contributed by atoms with Crippen LogP contribution in [0.1, 0.15) is 49.2 Å². The summed E-state index contributed by atoms with van der Waals surface area (Å²) < 4.78 is 41.4. The van der Waals surface area contributed by atoms with Crippen LogP contribution >= 0.6 is 0 Å². The normalized spacial score (nSPS) is 11.5. The molecular formula is C33H33N5O7S. The molecular weight excluding hydrogens is 610 g/mol. The minimum absolute atomic E-state index is 0.131. The van der Waals surface area contributed by atoms with Gasteiger partial charge in [0.15, 0.2) is 0 Å². The van der Waals surface area contributed by atoms with Gasteiger partial charge in [0.05, 0.1) is 46.9 Å². The van der Waals surface area contributed by atoms with Crippen LogP contribution in [-0.2, 0) is 14.8 Å². The first-order valence-electron chi connectivity index (χ1n) is 14.1. The number of anilines is 1. The summed E-state index contributed by atoms with van der Waals surface area (Å²) in [7, 11) is -2.36. The number of primary amides is 1. The molecule has 0 atom stereocenters. The third-order valence-corrected chi connectivity index (χ3v) is 8.72. The molecule has 0 bridgehead atoms. The minimum Gasteiger partial charge on any atom is -0.465 e. The summed E-state index contributed by atoms with van der Waals surface area (Å²) >= 11 is 0. The predicted molar refractivity (Wildman–Crippen MR) is 175 cm³/mol. The molecule has 238 valence electrons. The molecule has 13 heteroatoms. The van der Waals surface area contributed by atoms with Crippen molar-refractivity contribution in [2.75, 3.05) is 19.1 Å². The van der Waals surface area contributed by atoms with E-state index < -0.39 is 21.9 Å². The van der Waals surface area contributed by atoms with Crippen LogP contribution in [0.2, 0.25) is 0 Å². The first-order chi connectivity index (χ1) is 21.6. The molecule has 0 aliphatic heterocycles. The summed E-state index contributed by atoms with van der Waals surface area (Å²) in [6, 6.07) is 14.1. The quantitative estimate of drug-likeness (QED) is 0.177. The Kier molecular flexibility index (Phi) is 8.22. The molecule has 4 N–H and O–H groups in total. The molecule has 12 nitrogen and oxygen atoms in total. The van der Waals surface area contributed by atoms with Gasteiger partial charge in [0.2, 0.25) is 10.0 Å². The largest absolute Gasteiger partial charge is 0.465 e. The van der Waals surface area contributed by atoms with Crippen molar-refractivity contribution in [3.05, 3.63) is 88.1 Å². The van der Waals surface area contributed by atoms with E-state index in [0.29, 0.717) is 44.9 Å². The molecule has 6 aromatic rings. The molecule has 6 rings (SSSR count). The number of fused-ring (bicyclic) bond motifs is 3. The second kappa shape index (κ2) is 11.8. The second-order valence-electron chi connectivity index (χ2n) is 11.0. The van der Waals surface area contributed by atoms with Gasteiger partial charge < -0.3 is 25.3 Å². The van der Waals surface area contributed by atoms with Gasteiger partial charge in [-0.3, -0.25) is 4.79 Å². The van der Waals surface area contributed by atoms with Crippen molar-refractivity contribution in [3.8, 4) is 22.3 Å². The highest BCUT2D eigenvalue weighted by molar-refractivity contribution is 7.89. The molecule has 0 saturated carbocycles. The van der Waals surface area contributed by atoms with Crippen LogP contribution < -0.4 is 11.5 Å². The lowest BCUT2D eigenvalue weighted by molar-refractivity contribution is 0.0601. The number of carbonyl (C=O) groups is 2. The Balaban J connectivity index is 0.000000200. The van der Waals surface area contributed by atoms with Gasteiger partial charge in [-0.1, -0.05) is 28.0 Å². The van der Waals surface area contributed by atoms with Gasteiger partial charge in [-0.15, -0.1) is 0 Å². The van der Waals surface area contributed by atoms with Crippen LogP contribution in [0.25, 0.3) is 44.1 Å². The number of benzene rings is 3. The minimum atomic E-state index is -3.69. The maximum Gasteiger partial charge on any atom is 0.339 e. The van der Waals surface area contributed by atoms with Gasteiger partial charge in [0.25, 0.3) is 5.91 Å². The Morgan fingerprint density at radius 2 is 1.39 bits per heavy atom. The molecule has 0 saturated heterocycles. The van der Waals surface area contributed by atoms with Crippen molar-refractivity contribution in [2.45, 2.75) is 34.6 Å². The van der Waals surface area contributed by atoms with Gasteiger partial charge in [0, 0.05) is 27.6 Å². The topological polar surface area (TPSA) is 187 Å². The van der Waals surface area contributed by atoms with E-state index in [1.54, 1.807) is 31.2 Å². The van der Waals surface area contributed by atoms with Crippen LogP contribution in [-0.4, -0.2) is 47.9 Å². The number of ether oxygens (including phenoxy) is 1. The molecule has 3 aromatic carbocycles.